The second kappa shape index (κ2) is 43.6. The number of ether oxygens (including phenoxy) is 4. The van der Waals surface area contributed by atoms with Gasteiger partial charge in [-0.15, -0.1) is 26.3 Å². The van der Waals surface area contributed by atoms with Gasteiger partial charge in [-0.25, -0.2) is 36.0 Å². The fraction of sp³-hybridized carbons (Fsp3) is 0.571. The average Bonchev–Trinajstić information content (AvgIpc) is 3.35. The average molecular weight is 1080 g/mol. The maximum atomic E-state index is 12.6. The van der Waals surface area contributed by atoms with Gasteiger partial charge in [0.25, 0.3) is 0 Å². The number of hydrogen-bond acceptors (Lipinski definition) is 14. The summed E-state index contributed by atoms with van der Waals surface area (Å²) in [7, 11) is -9.60. The van der Waals surface area contributed by atoms with E-state index >= 15 is 0 Å². The molecule has 2 aromatic carbocycles. The maximum Gasteiger partial charge on any atom is 2.00 e. The van der Waals surface area contributed by atoms with Crippen LogP contribution in [0.5, 0.6) is 0 Å². The van der Waals surface area contributed by atoms with Gasteiger partial charge >= 0.3 is 61.6 Å². The first-order valence-electron chi connectivity index (χ1n) is 25.9. The molecule has 0 heterocycles. The van der Waals surface area contributed by atoms with E-state index in [2.05, 4.69) is 26.3 Å². The van der Waals surface area contributed by atoms with Gasteiger partial charge in [-0.3, -0.25) is 0 Å². The van der Waals surface area contributed by atoms with Crippen molar-refractivity contribution in [3.8, 4) is 0 Å². The summed E-state index contributed by atoms with van der Waals surface area (Å²) in [6.07, 6.45) is 35.5. The summed E-state index contributed by atoms with van der Waals surface area (Å²) in [5.41, 5.74) is -0.773. The predicted octanol–water partition coefficient (Wildman–Crippen LogP) is 13.1. The standard InChI is InChI=1S/2C28H42O7S.Ca/c2*1-3-5-7-9-11-13-15-17-21-34-27(29)25-20-19-24(36(31,32)33)23-26(25)28(30)35-22-18-16-14-12-10-8-6-4-2;/h2*3-4,19-20,23H,1-2,5-18,21-22H2,(H,31,32,33);/q;;+2/p-2. The summed E-state index contributed by atoms with van der Waals surface area (Å²) >= 11 is 0. The molecule has 0 saturated heterocycles. The summed E-state index contributed by atoms with van der Waals surface area (Å²) < 4.78 is 89.7. The molecule has 0 N–H and O–H groups in total. The number of allylic oxidation sites excluding steroid dienone is 4. The van der Waals surface area contributed by atoms with Crippen LogP contribution in [0.25, 0.3) is 0 Å². The molecule has 0 aromatic heterocycles. The molecule has 0 amide bonds. The smallest absolute Gasteiger partial charge is 0.744 e. The monoisotopic (exact) mass is 1080 g/mol. The van der Waals surface area contributed by atoms with Crippen LogP contribution >= 0.6 is 0 Å². The van der Waals surface area contributed by atoms with Gasteiger partial charge in [0.15, 0.2) is 0 Å². The van der Waals surface area contributed by atoms with Crippen molar-refractivity contribution in [3.63, 3.8) is 0 Å². The van der Waals surface area contributed by atoms with Crippen LogP contribution in [0.2, 0.25) is 0 Å². The summed E-state index contributed by atoms with van der Waals surface area (Å²) in [6.45, 7) is 15.5. The Labute approximate surface area is 467 Å². The van der Waals surface area contributed by atoms with Crippen LogP contribution in [-0.2, 0) is 39.2 Å². The van der Waals surface area contributed by atoms with Gasteiger partial charge in [0.1, 0.15) is 20.2 Å². The minimum atomic E-state index is -4.80. The van der Waals surface area contributed by atoms with Crippen molar-refractivity contribution in [2.75, 3.05) is 26.4 Å². The van der Waals surface area contributed by atoms with E-state index in [-0.39, 0.29) is 86.4 Å². The van der Waals surface area contributed by atoms with Gasteiger partial charge in [0.2, 0.25) is 0 Å². The Morgan fingerprint density at radius 3 is 0.781 bits per heavy atom. The molecular formula is C56H82CaO14S2. The Kier molecular flexibility index (Phi) is 41.4. The van der Waals surface area contributed by atoms with Crippen molar-refractivity contribution in [2.45, 2.75) is 190 Å². The molecule has 0 unspecified atom stereocenters. The van der Waals surface area contributed by atoms with E-state index < -0.39 is 53.9 Å². The van der Waals surface area contributed by atoms with E-state index in [0.717, 1.165) is 190 Å². The van der Waals surface area contributed by atoms with E-state index in [1.54, 1.807) is 0 Å². The van der Waals surface area contributed by atoms with E-state index in [4.69, 9.17) is 18.9 Å². The van der Waals surface area contributed by atoms with Gasteiger partial charge in [-0.05, 0) is 113 Å². The van der Waals surface area contributed by atoms with Crippen molar-refractivity contribution in [1.29, 1.82) is 0 Å². The first-order valence-corrected chi connectivity index (χ1v) is 28.8. The van der Waals surface area contributed by atoms with Crippen LogP contribution in [-0.4, -0.2) is 114 Å². The Morgan fingerprint density at radius 2 is 0.562 bits per heavy atom. The quantitative estimate of drug-likeness (QED) is 0.0151. The van der Waals surface area contributed by atoms with Gasteiger partial charge in [-0.1, -0.05) is 127 Å². The zero-order valence-corrected chi connectivity index (χ0v) is 47.3. The molecule has 73 heavy (non-hydrogen) atoms. The molecule has 0 spiro atoms. The van der Waals surface area contributed by atoms with E-state index in [0.29, 0.717) is 25.7 Å². The molecule has 2 aromatic rings. The normalized spacial score (nSPS) is 11.0. The Hall–Kier alpha value is -3.64. The molecule has 17 heteroatoms. The van der Waals surface area contributed by atoms with Crippen LogP contribution in [0.3, 0.4) is 0 Å². The SMILES string of the molecule is C=CCCCCCCCCOC(=O)c1ccc(S(=O)(=O)[O-])cc1C(=O)OCCCCCCCCC=C.C=CCCCCCCCCOC(=O)c1ccc(S(=O)(=O)[O-])cc1C(=O)OCCCCCCCCC=C.[Ca+2]. The molecular weight excluding hydrogens is 1000 g/mol. The van der Waals surface area contributed by atoms with Gasteiger partial charge < -0.3 is 28.1 Å². The summed E-state index contributed by atoms with van der Waals surface area (Å²) in [5, 5.41) is 0. The molecule has 0 aliphatic carbocycles. The molecule has 2 rings (SSSR count). The largest absolute Gasteiger partial charge is 2.00 e. The molecule has 0 fully saturated rings. The van der Waals surface area contributed by atoms with Gasteiger partial charge in [0.05, 0.1) is 58.5 Å². The minimum absolute atomic E-state index is 0. The molecule has 14 nitrogen and oxygen atoms in total. The second-order valence-corrected chi connectivity index (χ2v) is 20.4. The molecule has 0 aliphatic heterocycles. The summed E-state index contributed by atoms with van der Waals surface area (Å²) in [5.74, 6) is -3.19. The fourth-order valence-corrected chi connectivity index (χ4v) is 8.41. The number of carbonyl (C=O) groups excluding carboxylic acids is 4. The summed E-state index contributed by atoms with van der Waals surface area (Å²) in [4.78, 5) is 49.3. The minimum Gasteiger partial charge on any atom is -0.744 e. The van der Waals surface area contributed by atoms with Crippen LogP contribution in [0.4, 0.5) is 0 Å². The van der Waals surface area contributed by atoms with Crippen LogP contribution in [0.15, 0.2) is 96.8 Å². The zero-order chi connectivity index (χ0) is 53.3. The maximum absolute atomic E-state index is 12.6. The molecule has 0 bridgehead atoms. The van der Waals surface area contributed by atoms with E-state index in [1.807, 2.05) is 24.3 Å². The number of unbranched alkanes of at least 4 members (excludes halogenated alkanes) is 24. The van der Waals surface area contributed by atoms with Crippen molar-refractivity contribution in [1.82, 2.24) is 0 Å². The third-order valence-electron chi connectivity index (χ3n) is 11.6. The fourth-order valence-electron chi connectivity index (χ4n) is 7.41. The van der Waals surface area contributed by atoms with Crippen LogP contribution in [0, 0.1) is 0 Å². The number of benzene rings is 2. The Balaban J connectivity index is 0.00000140. The van der Waals surface area contributed by atoms with Gasteiger partial charge in [-0.2, -0.15) is 0 Å². The van der Waals surface area contributed by atoms with E-state index in [9.17, 15) is 45.1 Å². The number of esters is 4. The number of carbonyl (C=O) groups is 4. The van der Waals surface area contributed by atoms with Crippen molar-refractivity contribution in [2.24, 2.45) is 0 Å². The zero-order valence-electron chi connectivity index (χ0n) is 43.5. The Bertz CT molecular complexity index is 2000. The molecule has 0 atom stereocenters. The van der Waals surface area contributed by atoms with E-state index in [1.165, 1.54) is 0 Å². The summed E-state index contributed by atoms with van der Waals surface area (Å²) in [6, 6.07) is 6.06. The second-order valence-electron chi connectivity index (χ2n) is 17.7. The topological polar surface area (TPSA) is 220 Å². The molecule has 0 saturated carbocycles. The third-order valence-corrected chi connectivity index (χ3v) is 13.2. The first-order chi connectivity index (χ1) is 34.6. The van der Waals surface area contributed by atoms with Gasteiger partial charge in [0, 0.05) is 0 Å². The van der Waals surface area contributed by atoms with Crippen LogP contribution in [0.1, 0.15) is 221 Å². The number of rotatable bonds is 42. The Morgan fingerprint density at radius 1 is 0.356 bits per heavy atom. The van der Waals surface area contributed by atoms with Crippen molar-refractivity contribution >= 4 is 81.9 Å². The predicted molar refractivity (Wildman–Crippen MR) is 286 cm³/mol. The van der Waals surface area contributed by atoms with Crippen molar-refractivity contribution in [3.05, 3.63) is 109 Å². The van der Waals surface area contributed by atoms with Crippen molar-refractivity contribution < 1.29 is 64.1 Å². The number of hydrogen-bond donors (Lipinski definition) is 0. The first kappa shape index (κ1) is 69.4. The molecule has 0 radical (unpaired) electrons. The third kappa shape index (κ3) is 33.8. The van der Waals surface area contributed by atoms with Crippen LogP contribution < -0.4 is 0 Å². The molecule has 0 aliphatic rings. The molecule has 404 valence electrons.